The van der Waals surface area contributed by atoms with E-state index in [0.717, 1.165) is 111 Å². The van der Waals surface area contributed by atoms with Gasteiger partial charge in [-0.25, -0.2) is 13.1 Å². The number of phenolic OH excluding ortho intramolecular Hbond substituents is 3. The number of methoxy groups -OCH3 is 1. The summed E-state index contributed by atoms with van der Waals surface area (Å²) in [6.45, 7) is 3.38. The van der Waals surface area contributed by atoms with Gasteiger partial charge in [-0.05, 0) is 182 Å². The molecule has 16 rings (SSSR count). The van der Waals surface area contributed by atoms with Crippen molar-refractivity contribution < 1.29 is 126 Å². The van der Waals surface area contributed by atoms with E-state index in [2.05, 4.69) is 42.5 Å². The van der Waals surface area contributed by atoms with Crippen molar-refractivity contribution in [2.45, 2.75) is 155 Å². The average molecular weight is 1700 g/mol. The molecule has 4 aliphatic carbocycles. The summed E-state index contributed by atoms with van der Waals surface area (Å²) >= 11 is 14.2. The predicted molar refractivity (Wildman–Crippen MR) is 415 cm³/mol. The Morgan fingerprint density at radius 1 is 0.619 bits per heavy atom. The van der Waals surface area contributed by atoms with Gasteiger partial charge in [-0.3, -0.25) is 38.4 Å². The minimum atomic E-state index is -4.93. The van der Waals surface area contributed by atoms with Crippen molar-refractivity contribution in [3.8, 4) is 62.9 Å². The van der Waals surface area contributed by atoms with Crippen molar-refractivity contribution in [3.63, 3.8) is 0 Å². The number of hydrogen-bond donors (Lipinski definition) is 18. The van der Waals surface area contributed by atoms with Gasteiger partial charge in [-0.2, -0.15) is 0 Å². The van der Waals surface area contributed by atoms with E-state index in [1.807, 2.05) is 4.72 Å². The lowest BCUT2D eigenvalue weighted by molar-refractivity contribution is -0.277. The van der Waals surface area contributed by atoms with Crippen LogP contribution in [0, 0.1) is 29.6 Å². The standard InChI is InChI=1S/C80H91Cl2N9O26S/c1-34(2)19-50(83-3)73(102)89-65-67(97)38-6-13-54(48(81)26-38)114-56-28-42-29-57(72(56)117-80-71(101)70(100)69(99)58(33-92)116-80)115-55-14-7-39(27-49(55)82)68(98)66-79(108)88-64(77(106)85-61-40-21-35-20-36(23-40)24-41(61)22-35)47-30-43(93)31-53(95)60(47)46-25-37(5-12-52(46)94)62(75(104)90-66)87-76(105)63(42)86-74(103)51(84-78(65)107)32-59(96)91-118(109,110)45-10-8-44(9-11-45)113-18-17-112-16-15-111-4/h5-14,25-31,34-36,40-41,50-51,58,61-71,80,83,92-95,97-101H,15-24,32-33H2,1-4H3,(H,84,107)(H,85,106)(H,86,103)(H,87,105)(H,88,108)(H,89,102)(H,90,104)(H,91,96)/t35?,36?,40?,41?,50-,51+,58-,61?,62-,63-,64+,65-,66+,67-,68-,69-,70+,71-,80+/m1/s1. The van der Waals surface area contributed by atoms with Crippen molar-refractivity contribution in [2.24, 2.45) is 29.6 Å². The van der Waals surface area contributed by atoms with Crippen LogP contribution in [0.15, 0.2) is 108 Å². The molecule has 8 amide bonds. The summed E-state index contributed by atoms with van der Waals surface area (Å²) in [5.41, 5.74) is -2.42. The lowest BCUT2D eigenvalue weighted by Gasteiger charge is -2.54. The van der Waals surface area contributed by atoms with Gasteiger partial charge in [0, 0.05) is 30.3 Å². The molecule has 118 heavy (non-hydrogen) atoms. The summed E-state index contributed by atoms with van der Waals surface area (Å²) in [5, 5.41) is 125. The number of sulfonamides is 1. The first-order valence-electron chi connectivity index (χ1n) is 38.3. The molecule has 6 aromatic carbocycles. The van der Waals surface area contributed by atoms with E-state index in [1.54, 1.807) is 13.8 Å². The fourth-order valence-electron chi connectivity index (χ4n) is 16.6. The third-order valence-corrected chi connectivity index (χ3v) is 24.2. The quantitative estimate of drug-likeness (QED) is 0.0461. The number of halogens is 2. The summed E-state index contributed by atoms with van der Waals surface area (Å²) in [5.74, 6) is -14.3. The number of rotatable bonds is 21. The molecule has 632 valence electrons. The molecule has 4 saturated carbocycles. The normalized spacial score (nSPS) is 27.7. The molecule has 0 spiro atoms. The number of likely N-dealkylation sites (N-methyl/N-ethyl adjacent to an activating group) is 1. The third-order valence-electron chi connectivity index (χ3n) is 22.2. The van der Waals surface area contributed by atoms with Crippen molar-refractivity contribution in [3.05, 3.63) is 141 Å². The lowest BCUT2D eigenvalue weighted by Crippen LogP contribution is -2.60. The smallest absolute Gasteiger partial charge is 0.264 e. The number of carbonyl (C=O) groups is 8. The van der Waals surface area contributed by atoms with E-state index in [-0.39, 0.29) is 83.3 Å². The Hall–Kier alpha value is -10.2. The molecule has 6 aliphatic heterocycles. The molecule has 5 fully saturated rings. The van der Waals surface area contributed by atoms with E-state index in [9.17, 15) is 64.0 Å². The molecule has 6 aromatic rings. The number of benzene rings is 6. The molecule has 18 N–H and O–H groups in total. The van der Waals surface area contributed by atoms with Crippen LogP contribution in [-0.4, -0.2) is 210 Å². The topological polar surface area (TPSA) is 526 Å². The number of ether oxygens (including phenoxy) is 7. The minimum absolute atomic E-state index is 0.0402. The van der Waals surface area contributed by atoms with Crippen LogP contribution >= 0.6 is 23.2 Å². The van der Waals surface area contributed by atoms with Gasteiger partial charge in [0.25, 0.3) is 10.0 Å². The van der Waals surface area contributed by atoms with Crippen LogP contribution in [-0.2, 0) is 62.6 Å². The average Bonchev–Trinajstić information content (AvgIpc) is 0.759. The fourth-order valence-corrected chi connectivity index (χ4v) is 18.0. The highest BCUT2D eigenvalue weighted by molar-refractivity contribution is 7.90. The molecule has 0 unspecified atom stereocenters. The molecule has 10 aliphatic rings. The maximum atomic E-state index is 16.4. The number of nitrogens with one attached hydrogen (secondary N) is 9. The Kier molecular flexibility index (Phi) is 26.3. The van der Waals surface area contributed by atoms with Crippen LogP contribution in [0.2, 0.25) is 10.0 Å². The van der Waals surface area contributed by atoms with Crippen molar-refractivity contribution in [2.75, 3.05) is 47.2 Å². The van der Waals surface area contributed by atoms with Gasteiger partial charge >= 0.3 is 0 Å². The summed E-state index contributed by atoms with van der Waals surface area (Å²) in [6, 6.07) is 3.87. The van der Waals surface area contributed by atoms with Crippen LogP contribution in [0.25, 0.3) is 11.1 Å². The first-order chi connectivity index (χ1) is 56.3. The van der Waals surface area contributed by atoms with Crippen LogP contribution in [0.1, 0.15) is 117 Å². The number of aliphatic hydroxyl groups is 6. The second-order valence-corrected chi connectivity index (χ2v) is 33.3. The van der Waals surface area contributed by atoms with E-state index in [0.29, 0.717) is 18.4 Å². The molecule has 1 saturated heterocycles. The zero-order chi connectivity index (χ0) is 84.5. The van der Waals surface area contributed by atoms with E-state index < -0.39 is 228 Å². The molecule has 6 heterocycles. The Labute approximate surface area is 685 Å². The van der Waals surface area contributed by atoms with Crippen LogP contribution in [0.3, 0.4) is 0 Å². The number of fused-ring (bicyclic) bond motifs is 15. The number of carbonyl (C=O) groups excluding carboxylic acids is 8. The highest BCUT2D eigenvalue weighted by atomic mass is 35.5. The van der Waals surface area contributed by atoms with E-state index in [4.69, 9.17) is 56.4 Å². The molecule has 15 bridgehead atoms. The molecular weight excluding hydrogens is 1610 g/mol. The van der Waals surface area contributed by atoms with Crippen molar-refractivity contribution in [1.82, 2.24) is 47.3 Å². The van der Waals surface area contributed by atoms with Crippen molar-refractivity contribution in [1.29, 1.82) is 0 Å². The van der Waals surface area contributed by atoms with Gasteiger partial charge in [0.05, 0.1) is 53.8 Å². The van der Waals surface area contributed by atoms with Gasteiger partial charge in [-0.1, -0.05) is 55.2 Å². The Bertz CT molecular complexity index is 4920. The predicted octanol–water partition coefficient (Wildman–Crippen LogP) is 2.79. The summed E-state index contributed by atoms with van der Waals surface area (Å²) in [4.78, 5) is 123. The van der Waals surface area contributed by atoms with E-state index in [1.165, 1.54) is 38.4 Å². The first kappa shape index (κ1) is 85.7. The maximum Gasteiger partial charge on any atom is 0.264 e. The highest BCUT2D eigenvalue weighted by Gasteiger charge is 2.51. The summed E-state index contributed by atoms with van der Waals surface area (Å²) < 4.78 is 71.8. The number of aromatic hydroxyl groups is 3. The van der Waals surface area contributed by atoms with Crippen LogP contribution in [0.4, 0.5) is 0 Å². The second kappa shape index (κ2) is 36.2. The number of aliphatic hydroxyl groups excluding tert-OH is 6. The Balaban J connectivity index is 0.983. The van der Waals surface area contributed by atoms with Crippen LogP contribution in [0.5, 0.6) is 51.7 Å². The summed E-state index contributed by atoms with van der Waals surface area (Å²) in [7, 11) is -1.99. The first-order valence-corrected chi connectivity index (χ1v) is 40.5. The zero-order valence-electron chi connectivity index (χ0n) is 64.0. The zero-order valence-corrected chi connectivity index (χ0v) is 66.3. The van der Waals surface area contributed by atoms with Crippen molar-refractivity contribution >= 4 is 80.5 Å². The highest BCUT2D eigenvalue weighted by Crippen LogP contribution is 2.55. The Morgan fingerprint density at radius 3 is 1.85 bits per heavy atom. The molecule has 0 aromatic heterocycles. The largest absolute Gasteiger partial charge is 0.508 e. The van der Waals surface area contributed by atoms with Gasteiger partial charge in [-0.15, -0.1) is 0 Å². The third kappa shape index (κ3) is 18.6. The fraction of sp³-hybridized carbons (Fsp3) is 0.450. The lowest BCUT2D eigenvalue weighted by atomic mass is 9.54. The monoisotopic (exact) mass is 1700 g/mol. The van der Waals surface area contributed by atoms with E-state index >= 15 is 28.8 Å². The number of amides is 8. The van der Waals surface area contributed by atoms with Gasteiger partial charge in [0.2, 0.25) is 59.3 Å². The van der Waals surface area contributed by atoms with Gasteiger partial charge in [0.1, 0.15) is 114 Å². The molecule has 14 atom stereocenters. The van der Waals surface area contributed by atoms with Gasteiger partial charge in [0.15, 0.2) is 11.5 Å². The second-order valence-electron chi connectivity index (χ2n) is 30.8. The Morgan fingerprint density at radius 2 is 1.23 bits per heavy atom. The van der Waals surface area contributed by atoms with Gasteiger partial charge < -0.3 is 122 Å². The number of phenols is 3. The number of hydrogen-bond acceptors (Lipinski definition) is 27. The molecular formula is C80H91Cl2N9O26S. The SMILES string of the molecule is CN[C@H](CC(C)C)C(=O)N[C@H]1C(=O)N[C@@H](CC(=O)NS(=O)(=O)c2ccc(OCCOCCOC)cc2)C(=O)N[C@H]2C(=O)N[C@H]3C(=O)N[C@H](C(=O)N[C@H](C(=O)NC4C5CC6CC(C5)CC4C6)c4cc(O)cc(O)c4-c4cc3ccc4O)[C@H](O)c3ccc(c(Cl)c3)Oc3cc2cc(c3O[C@@H]2O[C@H](CO)[C@@H](O)[C@H](O)[C@H]2O)Oc2ccc(cc2Cl)[C@H]1O. The van der Waals surface area contributed by atoms with Crippen LogP contribution < -0.4 is 66.2 Å². The molecule has 0 radical (unpaired) electrons. The maximum absolute atomic E-state index is 16.4. The summed E-state index contributed by atoms with van der Waals surface area (Å²) in [6.07, 6.45) is -11.3. The molecule has 38 heteroatoms. The molecule has 35 nitrogen and oxygen atoms in total. The minimum Gasteiger partial charge on any atom is -0.508 e.